The number of hydrogen-bond donors (Lipinski definition) is 1. The summed E-state index contributed by atoms with van der Waals surface area (Å²) in [6.45, 7) is 2.25. The van der Waals surface area contributed by atoms with Crippen molar-refractivity contribution >= 4 is 11.6 Å². The van der Waals surface area contributed by atoms with Crippen LogP contribution in [0.2, 0.25) is 0 Å². The molecule has 0 spiro atoms. The zero-order valence-corrected chi connectivity index (χ0v) is 15.3. The molecule has 0 fully saturated rings. The zero-order valence-electron chi connectivity index (χ0n) is 15.3. The topological polar surface area (TPSA) is 97.0 Å². The van der Waals surface area contributed by atoms with Gasteiger partial charge in [0.05, 0.1) is 23.9 Å². The minimum atomic E-state index is -0.409. The Morgan fingerprint density at radius 1 is 1.18 bits per heavy atom. The zero-order chi connectivity index (χ0) is 19.9. The quantitative estimate of drug-likeness (QED) is 0.716. The van der Waals surface area contributed by atoms with Crippen LogP contribution in [0.3, 0.4) is 0 Å². The molecular weight excluding hydrogens is 356 g/mol. The molecule has 140 valence electrons. The standard InChI is InChI=1S/C21H18N4O3/c1-2-28-18-8-6-16(7-9-18)19-10-11-21(27)25(24-19)14-20(26)23-17-5-3-4-15(12-17)13-22/h3-12H,2,14H2,1H3,(H,23,26). The van der Waals surface area contributed by atoms with Crippen LogP contribution in [-0.4, -0.2) is 22.3 Å². The molecule has 28 heavy (non-hydrogen) atoms. The van der Waals surface area contributed by atoms with Crippen LogP contribution < -0.4 is 15.6 Å². The van der Waals surface area contributed by atoms with E-state index in [1.54, 1.807) is 30.3 Å². The lowest BCUT2D eigenvalue weighted by atomic mass is 10.1. The number of carbonyl (C=O) groups excluding carboxylic acids is 1. The summed E-state index contributed by atoms with van der Waals surface area (Å²) in [4.78, 5) is 24.4. The average molecular weight is 374 g/mol. The summed E-state index contributed by atoms with van der Waals surface area (Å²) < 4.78 is 6.52. The lowest BCUT2D eigenvalue weighted by Crippen LogP contribution is -2.29. The van der Waals surface area contributed by atoms with E-state index in [0.29, 0.717) is 23.6 Å². The van der Waals surface area contributed by atoms with Gasteiger partial charge in [-0.25, -0.2) is 4.68 Å². The Bertz CT molecular complexity index is 1080. The number of carbonyl (C=O) groups is 1. The van der Waals surface area contributed by atoms with Gasteiger partial charge in [-0.2, -0.15) is 10.4 Å². The van der Waals surface area contributed by atoms with Crippen LogP contribution in [0.1, 0.15) is 12.5 Å². The highest BCUT2D eigenvalue weighted by atomic mass is 16.5. The maximum atomic E-state index is 12.3. The van der Waals surface area contributed by atoms with Crippen molar-refractivity contribution in [2.24, 2.45) is 0 Å². The Labute approximate surface area is 161 Å². The molecule has 1 aromatic heterocycles. The Morgan fingerprint density at radius 2 is 1.96 bits per heavy atom. The van der Waals surface area contributed by atoms with Crippen LogP contribution in [0.25, 0.3) is 11.3 Å². The lowest BCUT2D eigenvalue weighted by molar-refractivity contribution is -0.117. The first-order valence-electron chi connectivity index (χ1n) is 8.70. The largest absolute Gasteiger partial charge is 0.494 e. The summed E-state index contributed by atoms with van der Waals surface area (Å²) >= 11 is 0. The third-order valence-electron chi connectivity index (χ3n) is 3.90. The number of benzene rings is 2. The van der Waals surface area contributed by atoms with Crippen molar-refractivity contribution in [3.05, 3.63) is 76.6 Å². The van der Waals surface area contributed by atoms with Gasteiger partial charge in [0, 0.05) is 17.3 Å². The molecule has 0 unspecified atom stereocenters. The first-order chi connectivity index (χ1) is 13.6. The van der Waals surface area contributed by atoms with Gasteiger partial charge in [-0.15, -0.1) is 0 Å². The fourth-order valence-corrected chi connectivity index (χ4v) is 2.61. The summed E-state index contributed by atoms with van der Waals surface area (Å²) in [5.74, 6) is 0.340. The molecule has 3 aromatic rings. The number of amides is 1. The predicted octanol–water partition coefficient (Wildman–Crippen LogP) is 2.82. The molecule has 0 aliphatic carbocycles. The normalized spacial score (nSPS) is 10.1. The second kappa shape index (κ2) is 8.64. The molecule has 7 heteroatoms. The SMILES string of the molecule is CCOc1ccc(-c2ccc(=O)n(CC(=O)Nc3cccc(C#N)c3)n2)cc1. The third-order valence-corrected chi connectivity index (χ3v) is 3.90. The Kier molecular flexibility index (Phi) is 5.82. The van der Waals surface area contributed by atoms with Crippen LogP contribution >= 0.6 is 0 Å². The Morgan fingerprint density at radius 3 is 2.68 bits per heavy atom. The van der Waals surface area contributed by atoms with E-state index in [4.69, 9.17) is 10.00 Å². The molecule has 0 radical (unpaired) electrons. The number of nitriles is 1. The second-order valence-corrected chi connectivity index (χ2v) is 5.91. The molecule has 0 bridgehead atoms. The molecule has 0 aliphatic rings. The van der Waals surface area contributed by atoms with E-state index >= 15 is 0 Å². The lowest BCUT2D eigenvalue weighted by Gasteiger charge is -2.09. The third kappa shape index (κ3) is 4.62. The molecule has 0 saturated carbocycles. The molecule has 0 atom stereocenters. The van der Waals surface area contributed by atoms with Crippen LogP contribution in [-0.2, 0) is 11.3 Å². The van der Waals surface area contributed by atoms with Crippen LogP contribution in [0.4, 0.5) is 5.69 Å². The highest BCUT2D eigenvalue weighted by Crippen LogP contribution is 2.20. The molecule has 1 heterocycles. The average Bonchev–Trinajstić information content (AvgIpc) is 2.70. The first kappa shape index (κ1) is 18.9. The molecule has 0 aliphatic heterocycles. The summed E-state index contributed by atoms with van der Waals surface area (Å²) in [5, 5.41) is 15.9. The van der Waals surface area contributed by atoms with Crippen molar-refractivity contribution in [3.8, 4) is 23.1 Å². The molecule has 1 N–H and O–H groups in total. The van der Waals surface area contributed by atoms with Crippen LogP contribution in [0.5, 0.6) is 5.75 Å². The van der Waals surface area contributed by atoms with Crippen molar-refractivity contribution in [2.45, 2.75) is 13.5 Å². The van der Waals surface area contributed by atoms with Crippen molar-refractivity contribution in [1.29, 1.82) is 5.26 Å². The van der Waals surface area contributed by atoms with E-state index in [2.05, 4.69) is 10.4 Å². The number of anilines is 1. The van der Waals surface area contributed by atoms with Crippen molar-refractivity contribution < 1.29 is 9.53 Å². The van der Waals surface area contributed by atoms with Crippen molar-refractivity contribution in [2.75, 3.05) is 11.9 Å². The number of rotatable bonds is 6. The van der Waals surface area contributed by atoms with Gasteiger partial charge < -0.3 is 10.1 Å². The van der Waals surface area contributed by atoms with E-state index in [0.717, 1.165) is 16.0 Å². The number of aromatic nitrogens is 2. The van der Waals surface area contributed by atoms with Gasteiger partial charge in [0.15, 0.2) is 0 Å². The molecule has 0 saturated heterocycles. The van der Waals surface area contributed by atoms with Gasteiger partial charge in [-0.05, 0) is 55.5 Å². The summed E-state index contributed by atoms with van der Waals surface area (Å²) in [7, 11) is 0. The maximum Gasteiger partial charge on any atom is 0.267 e. The fourth-order valence-electron chi connectivity index (χ4n) is 2.61. The van der Waals surface area contributed by atoms with Crippen molar-refractivity contribution in [3.63, 3.8) is 0 Å². The second-order valence-electron chi connectivity index (χ2n) is 5.91. The monoisotopic (exact) mass is 374 g/mol. The van der Waals surface area contributed by atoms with E-state index in [9.17, 15) is 9.59 Å². The molecular formula is C21H18N4O3. The van der Waals surface area contributed by atoms with Gasteiger partial charge in [0.1, 0.15) is 12.3 Å². The summed E-state index contributed by atoms with van der Waals surface area (Å²) in [5.41, 5.74) is 1.92. The molecule has 2 aromatic carbocycles. The number of nitrogens with one attached hydrogen (secondary N) is 1. The predicted molar refractivity (Wildman–Crippen MR) is 105 cm³/mol. The van der Waals surface area contributed by atoms with Crippen LogP contribution in [0, 0.1) is 11.3 Å². The molecule has 3 rings (SSSR count). The van der Waals surface area contributed by atoms with E-state index in [-0.39, 0.29) is 12.1 Å². The van der Waals surface area contributed by atoms with Gasteiger partial charge in [0.25, 0.3) is 5.56 Å². The highest BCUT2D eigenvalue weighted by molar-refractivity contribution is 5.90. The minimum Gasteiger partial charge on any atom is -0.494 e. The molecule has 7 nitrogen and oxygen atoms in total. The number of nitrogens with zero attached hydrogens (tertiary/aromatic N) is 3. The summed E-state index contributed by atoms with van der Waals surface area (Å²) in [6, 6.07) is 18.9. The highest BCUT2D eigenvalue weighted by Gasteiger charge is 2.09. The minimum absolute atomic E-state index is 0.236. The van der Waals surface area contributed by atoms with Crippen molar-refractivity contribution in [1.82, 2.24) is 9.78 Å². The Hall–Kier alpha value is -3.92. The molecule has 1 amide bonds. The Balaban J connectivity index is 1.76. The first-order valence-corrected chi connectivity index (χ1v) is 8.70. The summed E-state index contributed by atoms with van der Waals surface area (Å²) in [6.07, 6.45) is 0. The van der Waals surface area contributed by atoms with E-state index in [1.807, 2.05) is 37.3 Å². The van der Waals surface area contributed by atoms with Crippen LogP contribution in [0.15, 0.2) is 65.5 Å². The van der Waals surface area contributed by atoms with Gasteiger partial charge >= 0.3 is 0 Å². The van der Waals surface area contributed by atoms with E-state index < -0.39 is 5.91 Å². The van der Waals surface area contributed by atoms with Gasteiger partial charge in [-0.1, -0.05) is 6.07 Å². The smallest absolute Gasteiger partial charge is 0.267 e. The van der Waals surface area contributed by atoms with Gasteiger partial charge in [0.2, 0.25) is 5.91 Å². The van der Waals surface area contributed by atoms with Gasteiger partial charge in [-0.3, -0.25) is 9.59 Å². The fraction of sp³-hybridized carbons (Fsp3) is 0.143. The number of ether oxygens (including phenoxy) is 1. The van der Waals surface area contributed by atoms with E-state index in [1.165, 1.54) is 6.07 Å². The number of hydrogen-bond acceptors (Lipinski definition) is 5. The maximum absolute atomic E-state index is 12.3.